The first-order valence-corrected chi connectivity index (χ1v) is 11.9. The lowest BCUT2D eigenvalue weighted by atomic mass is 10.0. The Balaban J connectivity index is 2.57. The second-order valence-corrected chi connectivity index (χ2v) is 13.7. The predicted octanol–water partition coefficient (Wildman–Crippen LogP) is 5.70. The fourth-order valence-electron chi connectivity index (χ4n) is 3.02. The normalized spacial score (nSPS) is 14.7. The van der Waals surface area contributed by atoms with E-state index >= 15 is 0 Å². The van der Waals surface area contributed by atoms with Crippen LogP contribution in [0.25, 0.3) is 0 Å². The van der Waals surface area contributed by atoms with Gasteiger partial charge in [0.25, 0.3) is 0 Å². The van der Waals surface area contributed by atoms with Gasteiger partial charge in [0.1, 0.15) is 12.4 Å². The summed E-state index contributed by atoms with van der Waals surface area (Å²) >= 11 is 0. The number of allylic oxidation sites excluding steroid dienone is 4. The van der Waals surface area contributed by atoms with E-state index < -0.39 is 8.07 Å². The molecule has 0 fully saturated rings. The third-order valence-electron chi connectivity index (χ3n) is 5.45. The molecule has 0 aromatic heterocycles. The number of ether oxygens (including phenoxy) is 1. The Kier molecular flexibility index (Phi) is 5.59. The van der Waals surface area contributed by atoms with E-state index in [4.69, 9.17) is 4.74 Å². The smallest absolute Gasteiger partial charge is 0.122 e. The molecule has 1 aromatic rings. The predicted molar refractivity (Wildman–Crippen MR) is 109 cm³/mol. The van der Waals surface area contributed by atoms with Crippen molar-refractivity contribution in [2.45, 2.75) is 58.7 Å². The van der Waals surface area contributed by atoms with Crippen molar-refractivity contribution < 1.29 is 4.74 Å². The summed E-state index contributed by atoms with van der Waals surface area (Å²) in [6, 6.07) is 4.65. The molecule has 0 saturated carbocycles. The fraction of sp³-hybridized carbons (Fsp3) is 0.455. The van der Waals surface area contributed by atoms with Crippen molar-refractivity contribution in [1.82, 2.24) is 0 Å². The maximum Gasteiger partial charge on any atom is 0.122 e. The molecule has 0 spiro atoms. The molecular formula is C22H32OSi. The molecule has 1 aliphatic rings. The highest BCUT2D eigenvalue weighted by atomic mass is 28.3. The molecule has 0 atom stereocenters. The molecule has 24 heavy (non-hydrogen) atoms. The number of rotatable bonds is 6. The minimum absolute atomic E-state index is 0.275. The van der Waals surface area contributed by atoms with E-state index in [2.05, 4.69) is 77.7 Å². The first kappa shape index (κ1) is 18.8. The van der Waals surface area contributed by atoms with Gasteiger partial charge in [-0.1, -0.05) is 82.4 Å². The summed E-state index contributed by atoms with van der Waals surface area (Å²) in [5, 5.41) is 1.71. The van der Waals surface area contributed by atoms with Crippen LogP contribution in [0.3, 0.4) is 0 Å². The van der Waals surface area contributed by atoms with Crippen molar-refractivity contribution in [2.24, 2.45) is 0 Å². The lowest BCUT2D eigenvalue weighted by Gasteiger charge is -2.39. The maximum atomic E-state index is 6.23. The summed E-state index contributed by atoms with van der Waals surface area (Å²) < 4.78 is 6.23. The fourth-order valence-corrected chi connectivity index (χ4v) is 5.22. The third kappa shape index (κ3) is 3.92. The Morgan fingerprint density at radius 2 is 1.96 bits per heavy atom. The van der Waals surface area contributed by atoms with Crippen LogP contribution < -0.4 is 9.92 Å². The molecule has 0 amide bonds. The minimum atomic E-state index is -1.69. The Morgan fingerprint density at radius 1 is 1.25 bits per heavy atom. The van der Waals surface area contributed by atoms with Crippen LogP contribution in [0.4, 0.5) is 0 Å². The van der Waals surface area contributed by atoms with Crippen LogP contribution in [-0.4, -0.2) is 14.7 Å². The Bertz CT molecular complexity index is 672. The van der Waals surface area contributed by atoms with Gasteiger partial charge in [0.15, 0.2) is 0 Å². The molecule has 0 unspecified atom stereocenters. The van der Waals surface area contributed by atoms with Gasteiger partial charge in [-0.05, 0) is 34.7 Å². The zero-order valence-corrected chi connectivity index (χ0v) is 17.2. The van der Waals surface area contributed by atoms with Crippen LogP contribution >= 0.6 is 0 Å². The molecule has 130 valence electrons. The molecule has 0 bridgehead atoms. The zero-order chi connectivity index (χ0) is 18.0. The van der Waals surface area contributed by atoms with Crippen LogP contribution in [0.2, 0.25) is 18.1 Å². The quantitative estimate of drug-likeness (QED) is 0.476. The van der Waals surface area contributed by atoms with E-state index in [-0.39, 0.29) is 5.04 Å². The summed E-state index contributed by atoms with van der Waals surface area (Å²) in [6.07, 6.45) is 10.6. The van der Waals surface area contributed by atoms with E-state index in [1.54, 1.807) is 0 Å². The lowest BCUT2D eigenvalue weighted by molar-refractivity contribution is 0.362. The van der Waals surface area contributed by atoms with Crippen molar-refractivity contribution in [3.05, 3.63) is 59.7 Å². The van der Waals surface area contributed by atoms with Crippen LogP contribution in [0.5, 0.6) is 5.75 Å². The monoisotopic (exact) mass is 340 g/mol. The van der Waals surface area contributed by atoms with Crippen molar-refractivity contribution in [1.29, 1.82) is 0 Å². The second-order valence-electron chi connectivity index (χ2n) is 8.37. The SMILES string of the molecule is C=CCOc1c(CC2=CCC=C2)cc(C)cc1[Si](C)(C)C(C)(C)C. The third-order valence-corrected chi connectivity index (χ3v) is 10.9. The highest BCUT2D eigenvalue weighted by Crippen LogP contribution is 2.38. The van der Waals surface area contributed by atoms with Crippen molar-refractivity contribution >= 4 is 13.3 Å². The van der Waals surface area contributed by atoms with Gasteiger partial charge in [-0.3, -0.25) is 0 Å². The zero-order valence-electron chi connectivity index (χ0n) is 16.2. The maximum absolute atomic E-state index is 6.23. The largest absolute Gasteiger partial charge is 0.489 e. The van der Waals surface area contributed by atoms with Crippen molar-refractivity contribution in [3.8, 4) is 5.75 Å². The first-order valence-electron chi connectivity index (χ1n) is 8.90. The molecular weight excluding hydrogens is 308 g/mol. The van der Waals surface area contributed by atoms with Crippen LogP contribution in [0.15, 0.2) is 48.6 Å². The molecule has 0 saturated heterocycles. The van der Waals surface area contributed by atoms with E-state index in [0.717, 1.165) is 18.6 Å². The molecule has 0 heterocycles. The van der Waals surface area contributed by atoms with Gasteiger partial charge < -0.3 is 4.74 Å². The molecule has 0 N–H and O–H groups in total. The second kappa shape index (κ2) is 7.14. The standard InChI is InChI=1S/C22H32OSi/c1-8-13-23-21-19(16-18-11-9-10-12-18)14-17(2)15-20(21)24(6,7)22(3,4)5/h8-9,11-12,14-15H,1,10,13,16H2,2-7H3. The van der Waals surface area contributed by atoms with Gasteiger partial charge in [0, 0.05) is 6.42 Å². The van der Waals surface area contributed by atoms with Crippen LogP contribution in [0, 0.1) is 6.92 Å². The van der Waals surface area contributed by atoms with E-state index in [0.29, 0.717) is 6.61 Å². The molecule has 0 radical (unpaired) electrons. The van der Waals surface area contributed by atoms with Gasteiger partial charge in [0.05, 0.1) is 8.07 Å². The minimum Gasteiger partial charge on any atom is -0.489 e. The summed E-state index contributed by atoms with van der Waals surface area (Å²) in [7, 11) is -1.69. The summed E-state index contributed by atoms with van der Waals surface area (Å²) in [4.78, 5) is 0. The number of aryl methyl sites for hydroxylation is 1. The highest BCUT2D eigenvalue weighted by molar-refractivity contribution is 6.92. The van der Waals surface area contributed by atoms with Gasteiger partial charge in [0.2, 0.25) is 0 Å². The van der Waals surface area contributed by atoms with Crippen LogP contribution in [0.1, 0.15) is 38.3 Å². The van der Waals surface area contributed by atoms with Crippen molar-refractivity contribution in [2.75, 3.05) is 6.61 Å². The van der Waals surface area contributed by atoms with Crippen LogP contribution in [-0.2, 0) is 6.42 Å². The molecule has 1 nitrogen and oxygen atoms in total. The Labute approximate surface area is 149 Å². The number of benzene rings is 1. The molecule has 1 aliphatic carbocycles. The first-order chi connectivity index (χ1) is 11.2. The van der Waals surface area contributed by atoms with Gasteiger partial charge in [-0.25, -0.2) is 0 Å². The van der Waals surface area contributed by atoms with E-state index in [9.17, 15) is 0 Å². The highest BCUT2D eigenvalue weighted by Gasteiger charge is 2.39. The lowest BCUT2D eigenvalue weighted by Crippen LogP contribution is -2.50. The van der Waals surface area contributed by atoms with Gasteiger partial charge >= 0.3 is 0 Å². The summed E-state index contributed by atoms with van der Waals surface area (Å²) in [6.45, 7) is 18.6. The number of hydrogen-bond donors (Lipinski definition) is 0. The topological polar surface area (TPSA) is 9.23 Å². The van der Waals surface area contributed by atoms with Gasteiger partial charge in [-0.15, -0.1) is 0 Å². The molecule has 0 aliphatic heterocycles. The summed E-state index contributed by atoms with van der Waals surface area (Å²) in [5.41, 5.74) is 4.04. The molecule has 2 heteroatoms. The van der Waals surface area contributed by atoms with Crippen molar-refractivity contribution in [3.63, 3.8) is 0 Å². The average Bonchev–Trinajstić information content (AvgIpc) is 2.97. The molecule has 2 rings (SSSR count). The van der Waals surface area contributed by atoms with E-state index in [1.165, 1.54) is 21.9 Å². The molecule has 1 aromatic carbocycles. The number of hydrogen-bond acceptors (Lipinski definition) is 1. The Hall–Kier alpha value is -1.54. The Morgan fingerprint density at radius 3 is 2.50 bits per heavy atom. The summed E-state index contributed by atoms with van der Waals surface area (Å²) in [5.74, 6) is 1.10. The van der Waals surface area contributed by atoms with Gasteiger partial charge in [-0.2, -0.15) is 0 Å². The van der Waals surface area contributed by atoms with E-state index in [1.807, 2.05) is 6.08 Å². The average molecular weight is 341 g/mol.